The highest BCUT2D eigenvalue weighted by Gasteiger charge is 2.38. The molecule has 2 aromatic carbocycles. The highest BCUT2D eigenvalue weighted by atomic mass is 32.2. The van der Waals surface area contributed by atoms with E-state index in [1.54, 1.807) is 28.6 Å². The summed E-state index contributed by atoms with van der Waals surface area (Å²) in [6.45, 7) is 0.503. The van der Waals surface area contributed by atoms with E-state index in [-0.39, 0.29) is 6.04 Å². The van der Waals surface area contributed by atoms with Crippen molar-refractivity contribution in [2.75, 3.05) is 6.54 Å². The summed E-state index contributed by atoms with van der Waals surface area (Å²) in [6.07, 6.45) is 1.57. The molecule has 0 N–H and O–H groups in total. The minimum Gasteiger partial charge on any atom is -0.356 e. The number of aromatic nitrogens is 1. The van der Waals surface area contributed by atoms with Crippen LogP contribution in [0.5, 0.6) is 0 Å². The summed E-state index contributed by atoms with van der Waals surface area (Å²) >= 11 is 0. The van der Waals surface area contributed by atoms with Crippen LogP contribution in [-0.4, -0.2) is 24.4 Å². The molecule has 2 heterocycles. The quantitative estimate of drug-likeness (QED) is 0.739. The molecule has 118 valence electrons. The van der Waals surface area contributed by atoms with Gasteiger partial charge in [0.15, 0.2) is 5.58 Å². The van der Waals surface area contributed by atoms with Crippen LogP contribution in [0.1, 0.15) is 24.6 Å². The van der Waals surface area contributed by atoms with Gasteiger partial charge in [0.2, 0.25) is 10.0 Å². The molecule has 0 spiro atoms. The van der Waals surface area contributed by atoms with Crippen molar-refractivity contribution in [3.05, 3.63) is 60.3 Å². The van der Waals surface area contributed by atoms with Crippen molar-refractivity contribution in [2.45, 2.75) is 23.8 Å². The Morgan fingerprint density at radius 2 is 1.78 bits per heavy atom. The molecule has 1 atom stereocenters. The van der Waals surface area contributed by atoms with Gasteiger partial charge in [0, 0.05) is 11.9 Å². The lowest BCUT2D eigenvalue weighted by Crippen LogP contribution is -2.30. The van der Waals surface area contributed by atoms with Gasteiger partial charge in [0.05, 0.1) is 10.9 Å². The fourth-order valence-electron chi connectivity index (χ4n) is 3.17. The molecule has 0 aliphatic carbocycles. The molecule has 0 amide bonds. The highest BCUT2D eigenvalue weighted by molar-refractivity contribution is 7.89. The summed E-state index contributed by atoms with van der Waals surface area (Å²) in [4.78, 5) is 0.319. The fourth-order valence-corrected chi connectivity index (χ4v) is 4.86. The van der Waals surface area contributed by atoms with Crippen molar-refractivity contribution >= 4 is 21.0 Å². The van der Waals surface area contributed by atoms with Crippen molar-refractivity contribution in [2.24, 2.45) is 0 Å². The lowest BCUT2D eigenvalue weighted by Gasteiger charge is -2.22. The van der Waals surface area contributed by atoms with E-state index in [0.717, 1.165) is 18.2 Å². The predicted molar refractivity (Wildman–Crippen MR) is 86.3 cm³/mol. The first-order valence-electron chi connectivity index (χ1n) is 7.59. The first-order valence-corrected chi connectivity index (χ1v) is 9.03. The number of para-hydroxylation sites is 1. The van der Waals surface area contributed by atoms with Crippen LogP contribution in [-0.2, 0) is 10.0 Å². The third-order valence-electron chi connectivity index (χ3n) is 4.27. The Morgan fingerprint density at radius 3 is 2.61 bits per heavy atom. The van der Waals surface area contributed by atoms with Crippen molar-refractivity contribution < 1.29 is 12.9 Å². The van der Waals surface area contributed by atoms with E-state index in [1.807, 2.05) is 30.3 Å². The number of rotatable bonds is 3. The maximum atomic E-state index is 12.9. The van der Waals surface area contributed by atoms with E-state index in [9.17, 15) is 8.42 Å². The van der Waals surface area contributed by atoms with E-state index in [1.165, 1.54) is 0 Å². The zero-order valence-corrected chi connectivity index (χ0v) is 13.2. The van der Waals surface area contributed by atoms with Crippen molar-refractivity contribution in [1.82, 2.24) is 9.46 Å². The number of sulfonamides is 1. The first-order chi connectivity index (χ1) is 11.2. The third kappa shape index (κ3) is 2.34. The monoisotopic (exact) mass is 328 g/mol. The number of fused-ring (bicyclic) bond motifs is 1. The van der Waals surface area contributed by atoms with Gasteiger partial charge in [-0.25, -0.2) is 8.42 Å². The van der Waals surface area contributed by atoms with Crippen molar-refractivity contribution in [3.8, 4) is 0 Å². The van der Waals surface area contributed by atoms with Crippen LogP contribution >= 0.6 is 0 Å². The summed E-state index contributed by atoms with van der Waals surface area (Å²) < 4.78 is 32.8. The number of benzene rings is 2. The second kappa shape index (κ2) is 5.47. The van der Waals surface area contributed by atoms with Crippen molar-refractivity contribution in [1.29, 1.82) is 0 Å². The predicted octanol–water partition coefficient (Wildman–Crippen LogP) is 3.35. The molecule has 0 saturated carbocycles. The van der Waals surface area contributed by atoms with Gasteiger partial charge in [0.25, 0.3) is 0 Å². The average molecular weight is 328 g/mol. The Balaban J connectivity index is 1.78. The summed E-state index contributed by atoms with van der Waals surface area (Å²) in [6, 6.07) is 15.8. The van der Waals surface area contributed by atoms with Crippen LogP contribution in [0, 0.1) is 0 Å². The minimum absolute atomic E-state index is 0.274. The van der Waals surface area contributed by atoms with Gasteiger partial charge in [-0.1, -0.05) is 35.5 Å². The average Bonchev–Trinajstić information content (AvgIpc) is 3.22. The fraction of sp³-hybridized carbons (Fsp3) is 0.235. The Kier molecular flexibility index (Phi) is 3.43. The van der Waals surface area contributed by atoms with Crippen molar-refractivity contribution in [3.63, 3.8) is 0 Å². The van der Waals surface area contributed by atoms with Gasteiger partial charge in [-0.15, -0.1) is 0 Å². The van der Waals surface area contributed by atoms with E-state index in [2.05, 4.69) is 5.16 Å². The molecule has 3 aromatic rings. The molecule has 0 radical (unpaired) electrons. The molecule has 4 rings (SSSR count). The van der Waals surface area contributed by atoms with Gasteiger partial charge >= 0.3 is 0 Å². The Morgan fingerprint density at radius 1 is 1.04 bits per heavy atom. The van der Waals surface area contributed by atoms with E-state index in [0.29, 0.717) is 22.7 Å². The second-order valence-electron chi connectivity index (χ2n) is 5.65. The largest absolute Gasteiger partial charge is 0.356 e. The lowest BCUT2D eigenvalue weighted by atomic mass is 10.1. The van der Waals surface area contributed by atoms with E-state index < -0.39 is 10.0 Å². The zero-order chi connectivity index (χ0) is 15.9. The lowest BCUT2D eigenvalue weighted by molar-refractivity contribution is 0.366. The van der Waals surface area contributed by atoms with E-state index in [4.69, 9.17) is 4.52 Å². The molecule has 1 aliphatic heterocycles. The van der Waals surface area contributed by atoms with Gasteiger partial charge in [-0.05, 0) is 37.1 Å². The number of hydrogen-bond donors (Lipinski definition) is 0. The van der Waals surface area contributed by atoms with Crippen LogP contribution in [0.4, 0.5) is 0 Å². The van der Waals surface area contributed by atoms with Crippen LogP contribution in [0.25, 0.3) is 11.0 Å². The molecule has 0 unspecified atom stereocenters. The third-order valence-corrected chi connectivity index (χ3v) is 6.20. The van der Waals surface area contributed by atoms with Gasteiger partial charge in [0.1, 0.15) is 5.69 Å². The minimum atomic E-state index is -3.53. The molecule has 1 fully saturated rings. The molecule has 5 nitrogen and oxygen atoms in total. The van der Waals surface area contributed by atoms with Crippen LogP contribution in [0.15, 0.2) is 64.0 Å². The maximum absolute atomic E-state index is 12.9. The molecule has 1 aliphatic rings. The molecule has 0 bridgehead atoms. The van der Waals surface area contributed by atoms with Gasteiger partial charge < -0.3 is 4.52 Å². The maximum Gasteiger partial charge on any atom is 0.243 e. The van der Waals surface area contributed by atoms with Crippen LogP contribution in [0.3, 0.4) is 0 Å². The summed E-state index contributed by atoms with van der Waals surface area (Å²) in [5, 5.41) is 5.04. The van der Waals surface area contributed by atoms with E-state index >= 15 is 0 Å². The molecule has 23 heavy (non-hydrogen) atoms. The normalized spacial score (nSPS) is 19.4. The zero-order valence-electron chi connectivity index (χ0n) is 12.4. The molecular weight excluding hydrogens is 312 g/mol. The summed E-state index contributed by atoms with van der Waals surface area (Å²) in [5.74, 6) is 0. The Bertz CT molecular complexity index is 935. The Hall–Kier alpha value is -2.18. The SMILES string of the molecule is O=S(=O)(c1ccccc1)N1CCC[C@@H]1c1noc2ccccc12. The molecular formula is C17H16N2O3S. The molecule has 1 aromatic heterocycles. The highest BCUT2D eigenvalue weighted by Crippen LogP contribution is 2.38. The van der Waals surface area contributed by atoms with Crippen LogP contribution in [0.2, 0.25) is 0 Å². The summed E-state index contributed by atoms with van der Waals surface area (Å²) in [7, 11) is -3.53. The standard InChI is InChI=1S/C17H16N2O3S/c20-23(21,13-7-2-1-3-8-13)19-12-6-10-15(19)17-14-9-4-5-11-16(14)22-18-17/h1-5,7-9,11,15H,6,10,12H2/t15-/m1/s1. The number of hydrogen-bond acceptors (Lipinski definition) is 4. The number of nitrogens with zero attached hydrogens (tertiary/aromatic N) is 2. The second-order valence-corrected chi connectivity index (χ2v) is 7.54. The first kappa shape index (κ1) is 14.4. The summed E-state index contributed by atoms with van der Waals surface area (Å²) in [5.41, 5.74) is 1.39. The van der Waals surface area contributed by atoms with Crippen LogP contribution < -0.4 is 0 Å². The van der Waals surface area contributed by atoms with Gasteiger partial charge in [-0.2, -0.15) is 4.31 Å². The van der Waals surface area contributed by atoms with Gasteiger partial charge in [-0.3, -0.25) is 0 Å². The smallest absolute Gasteiger partial charge is 0.243 e. The topological polar surface area (TPSA) is 63.4 Å². The molecule has 6 heteroatoms. The molecule has 1 saturated heterocycles. The Labute approximate surface area is 134 Å².